The summed E-state index contributed by atoms with van der Waals surface area (Å²) in [4.78, 5) is 14.8. The number of likely N-dealkylation sites (tertiary alicyclic amines) is 1. The fraction of sp³-hybridized carbons (Fsp3) is 0.941. The SMILES string of the molecule is CC1(C)CC(C(=O)NC2CCN(CC3CCOC3)CC2)C1. The van der Waals surface area contributed by atoms with Gasteiger partial charge in [-0.1, -0.05) is 13.8 Å². The molecule has 1 N–H and O–H groups in total. The molecule has 120 valence electrons. The smallest absolute Gasteiger partial charge is 0.223 e. The first-order valence-corrected chi connectivity index (χ1v) is 8.62. The summed E-state index contributed by atoms with van der Waals surface area (Å²) in [5.41, 5.74) is 0.384. The minimum atomic E-state index is 0.272. The van der Waals surface area contributed by atoms with Gasteiger partial charge in [-0.25, -0.2) is 0 Å². The van der Waals surface area contributed by atoms with Crippen LogP contribution in [0.3, 0.4) is 0 Å². The van der Waals surface area contributed by atoms with Gasteiger partial charge in [0.2, 0.25) is 5.91 Å². The highest BCUT2D eigenvalue weighted by Crippen LogP contribution is 2.44. The predicted molar refractivity (Wildman–Crippen MR) is 83.0 cm³/mol. The van der Waals surface area contributed by atoms with E-state index in [2.05, 4.69) is 24.1 Å². The molecule has 1 atom stereocenters. The number of hydrogen-bond donors (Lipinski definition) is 1. The summed E-state index contributed by atoms with van der Waals surface area (Å²) < 4.78 is 5.45. The van der Waals surface area contributed by atoms with Gasteiger partial charge in [0.25, 0.3) is 0 Å². The van der Waals surface area contributed by atoms with Crippen molar-refractivity contribution in [2.24, 2.45) is 17.3 Å². The molecule has 0 aromatic rings. The lowest BCUT2D eigenvalue weighted by Crippen LogP contribution is -2.50. The third kappa shape index (κ3) is 3.98. The van der Waals surface area contributed by atoms with E-state index in [1.807, 2.05) is 0 Å². The number of carbonyl (C=O) groups excluding carboxylic acids is 1. The summed E-state index contributed by atoms with van der Waals surface area (Å²) in [5, 5.41) is 3.28. The highest BCUT2D eigenvalue weighted by atomic mass is 16.5. The van der Waals surface area contributed by atoms with E-state index in [-0.39, 0.29) is 5.92 Å². The maximum Gasteiger partial charge on any atom is 0.223 e. The Hall–Kier alpha value is -0.610. The Balaban J connectivity index is 1.35. The van der Waals surface area contributed by atoms with Crippen LogP contribution in [0.5, 0.6) is 0 Å². The predicted octanol–water partition coefficient (Wildman–Crippen LogP) is 2.04. The van der Waals surface area contributed by atoms with Crippen LogP contribution in [0.4, 0.5) is 0 Å². The number of rotatable bonds is 4. The van der Waals surface area contributed by atoms with Crippen molar-refractivity contribution in [3.8, 4) is 0 Å². The lowest BCUT2D eigenvalue weighted by molar-refractivity contribution is -0.132. The van der Waals surface area contributed by atoms with Gasteiger partial charge in [-0.3, -0.25) is 4.79 Å². The van der Waals surface area contributed by atoms with Crippen molar-refractivity contribution in [3.05, 3.63) is 0 Å². The van der Waals surface area contributed by atoms with E-state index >= 15 is 0 Å². The number of piperidine rings is 1. The fourth-order valence-electron chi connectivity index (χ4n) is 4.13. The number of nitrogens with one attached hydrogen (secondary N) is 1. The molecular formula is C17H30N2O2. The van der Waals surface area contributed by atoms with Gasteiger partial charge in [-0.15, -0.1) is 0 Å². The molecule has 3 fully saturated rings. The highest BCUT2D eigenvalue weighted by Gasteiger charge is 2.40. The van der Waals surface area contributed by atoms with Crippen LogP contribution < -0.4 is 5.32 Å². The molecule has 4 heteroatoms. The van der Waals surface area contributed by atoms with Crippen LogP contribution in [0.1, 0.15) is 46.0 Å². The second-order valence-corrected chi connectivity index (χ2v) is 8.08. The van der Waals surface area contributed by atoms with Crippen molar-refractivity contribution < 1.29 is 9.53 Å². The number of hydrogen-bond acceptors (Lipinski definition) is 3. The van der Waals surface area contributed by atoms with E-state index in [0.717, 1.165) is 57.9 Å². The summed E-state index contributed by atoms with van der Waals surface area (Å²) in [5.74, 6) is 1.30. The second kappa shape index (κ2) is 6.25. The number of nitrogens with zero attached hydrogens (tertiary/aromatic N) is 1. The van der Waals surface area contributed by atoms with Gasteiger partial charge in [0, 0.05) is 38.2 Å². The first-order chi connectivity index (χ1) is 10.0. The second-order valence-electron chi connectivity index (χ2n) is 8.08. The maximum atomic E-state index is 12.2. The van der Waals surface area contributed by atoms with E-state index in [4.69, 9.17) is 4.74 Å². The zero-order chi connectivity index (χ0) is 14.9. The van der Waals surface area contributed by atoms with Crippen molar-refractivity contribution in [3.63, 3.8) is 0 Å². The topological polar surface area (TPSA) is 41.6 Å². The molecule has 2 saturated heterocycles. The quantitative estimate of drug-likeness (QED) is 0.863. The summed E-state index contributed by atoms with van der Waals surface area (Å²) >= 11 is 0. The van der Waals surface area contributed by atoms with Gasteiger partial charge < -0.3 is 15.0 Å². The van der Waals surface area contributed by atoms with Crippen LogP contribution in [0.2, 0.25) is 0 Å². The molecule has 0 bridgehead atoms. The lowest BCUT2D eigenvalue weighted by atomic mass is 9.64. The van der Waals surface area contributed by atoms with Gasteiger partial charge in [-0.2, -0.15) is 0 Å². The Bertz CT molecular complexity index is 361. The van der Waals surface area contributed by atoms with Crippen LogP contribution >= 0.6 is 0 Å². The molecule has 1 unspecified atom stereocenters. The molecule has 21 heavy (non-hydrogen) atoms. The van der Waals surface area contributed by atoms with E-state index in [1.54, 1.807) is 0 Å². The summed E-state index contributed by atoms with van der Waals surface area (Å²) in [6, 6.07) is 0.400. The van der Waals surface area contributed by atoms with Crippen LogP contribution in [-0.2, 0) is 9.53 Å². The molecule has 1 amide bonds. The third-order valence-electron chi connectivity index (χ3n) is 5.44. The van der Waals surface area contributed by atoms with Crippen LogP contribution in [-0.4, -0.2) is 49.7 Å². The molecule has 0 spiro atoms. The Labute approximate surface area is 128 Å². The minimum Gasteiger partial charge on any atom is -0.381 e. The molecule has 2 aliphatic heterocycles. The van der Waals surface area contributed by atoms with Gasteiger partial charge in [-0.05, 0) is 43.4 Å². The first-order valence-electron chi connectivity index (χ1n) is 8.62. The van der Waals surface area contributed by atoms with E-state index in [9.17, 15) is 4.79 Å². The van der Waals surface area contributed by atoms with Crippen LogP contribution in [0.15, 0.2) is 0 Å². The van der Waals surface area contributed by atoms with Crippen LogP contribution in [0, 0.1) is 17.3 Å². The molecule has 0 aromatic heterocycles. The largest absolute Gasteiger partial charge is 0.381 e. The van der Waals surface area contributed by atoms with Gasteiger partial charge in [0.1, 0.15) is 0 Å². The lowest BCUT2D eigenvalue weighted by Gasteiger charge is -2.42. The van der Waals surface area contributed by atoms with Crippen molar-refractivity contribution in [1.82, 2.24) is 10.2 Å². The Kier molecular flexibility index (Phi) is 4.55. The average Bonchev–Trinajstić information content (AvgIpc) is 2.91. The average molecular weight is 294 g/mol. The summed E-state index contributed by atoms with van der Waals surface area (Å²) in [6.45, 7) is 9.81. The van der Waals surface area contributed by atoms with Crippen molar-refractivity contribution in [2.75, 3.05) is 32.8 Å². The van der Waals surface area contributed by atoms with E-state index in [1.165, 1.54) is 13.0 Å². The van der Waals surface area contributed by atoms with Crippen molar-refractivity contribution in [2.45, 2.75) is 52.0 Å². The number of amides is 1. The van der Waals surface area contributed by atoms with Gasteiger partial charge in [0.05, 0.1) is 6.61 Å². The zero-order valence-electron chi connectivity index (χ0n) is 13.6. The number of carbonyl (C=O) groups is 1. The zero-order valence-corrected chi connectivity index (χ0v) is 13.6. The van der Waals surface area contributed by atoms with E-state index in [0.29, 0.717) is 17.4 Å². The first kappa shape index (κ1) is 15.3. The Morgan fingerprint density at radius 3 is 2.52 bits per heavy atom. The Morgan fingerprint density at radius 2 is 1.95 bits per heavy atom. The molecule has 3 rings (SSSR count). The van der Waals surface area contributed by atoms with E-state index < -0.39 is 0 Å². The Morgan fingerprint density at radius 1 is 1.24 bits per heavy atom. The normalized spacial score (nSPS) is 31.0. The maximum absolute atomic E-state index is 12.2. The minimum absolute atomic E-state index is 0.272. The molecule has 1 saturated carbocycles. The van der Waals surface area contributed by atoms with Crippen molar-refractivity contribution in [1.29, 1.82) is 0 Å². The molecular weight excluding hydrogens is 264 g/mol. The van der Waals surface area contributed by atoms with Crippen LogP contribution in [0.25, 0.3) is 0 Å². The summed E-state index contributed by atoms with van der Waals surface area (Å²) in [7, 11) is 0. The molecule has 1 aliphatic carbocycles. The third-order valence-corrected chi connectivity index (χ3v) is 5.44. The summed E-state index contributed by atoms with van der Waals surface area (Å²) in [6.07, 6.45) is 5.54. The highest BCUT2D eigenvalue weighted by molar-refractivity contribution is 5.80. The molecule has 0 aromatic carbocycles. The monoisotopic (exact) mass is 294 g/mol. The van der Waals surface area contributed by atoms with Gasteiger partial charge >= 0.3 is 0 Å². The molecule has 3 aliphatic rings. The van der Waals surface area contributed by atoms with Crippen molar-refractivity contribution >= 4 is 5.91 Å². The molecule has 2 heterocycles. The fourth-order valence-corrected chi connectivity index (χ4v) is 4.13. The molecule has 0 radical (unpaired) electrons. The standard InChI is InChI=1S/C17H30N2O2/c1-17(2)9-14(10-17)16(20)18-15-3-6-19(7-4-15)11-13-5-8-21-12-13/h13-15H,3-12H2,1-2H3,(H,18,20). The number of ether oxygens (including phenoxy) is 1. The molecule has 4 nitrogen and oxygen atoms in total. The van der Waals surface area contributed by atoms with Gasteiger partial charge in [0.15, 0.2) is 0 Å².